The zero-order chi connectivity index (χ0) is 19.7. The Bertz CT molecular complexity index is 1030. The van der Waals surface area contributed by atoms with E-state index < -0.39 is 5.41 Å². The summed E-state index contributed by atoms with van der Waals surface area (Å²) in [6, 6.07) is 13.4. The molecule has 0 aliphatic carbocycles. The highest BCUT2D eigenvalue weighted by Gasteiger charge is 2.43. The van der Waals surface area contributed by atoms with Crippen molar-refractivity contribution in [3.8, 4) is 5.69 Å². The summed E-state index contributed by atoms with van der Waals surface area (Å²) in [5.41, 5.74) is 0.929. The number of para-hydroxylation sites is 1. The van der Waals surface area contributed by atoms with Gasteiger partial charge in [-0.2, -0.15) is 0 Å². The highest BCUT2D eigenvalue weighted by Crippen LogP contribution is 2.38. The van der Waals surface area contributed by atoms with Crippen LogP contribution in [0.5, 0.6) is 0 Å². The van der Waals surface area contributed by atoms with Crippen molar-refractivity contribution in [2.45, 2.75) is 25.2 Å². The van der Waals surface area contributed by atoms with E-state index >= 15 is 0 Å². The molecule has 1 aliphatic heterocycles. The van der Waals surface area contributed by atoms with Gasteiger partial charge in [-0.1, -0.05) is 24.3 Å². The van der Waals surface area contributed by atoms with Crippen LogP contribution in [0.15, 0.2) is 52.6 Å². The SMILES string of the molecule is Cc1c(NC(=O)C2(c3cccs3)CCOCC2)c(=O)n(-c2ccccc2)n1C. The van der Waals surface area contributed by atoms with Gasteiger partial charge in [0.05, 0.1) is 16.8 Å². The lowest BCUT2D eigenvalue weighted by Crippen LogP contribution is -2.45. The largest absolute Gasteiger partial charge is 0.381 e. The smallest absolute Gasteiger partial charge is 0.295 e. The van der Waals surface area contributed by atoms with Crippen molar-refractivity contribution < 1.29 is 9.53 Å². The zero-order valence-electron chi connectivity index (χ0n) is 16.0. The second-order valence-corrected chi connectivity index (χ2v) is 8.01. The van der Waals surface area contributed by atoms with Crippen LogP contribution in [-0.4, -0.2) is 28.5 Å². The minimum Gasteiger partial charge on any atom is -0.381 e. The molecule has 146 valence electrons. The highest BCUT2D eigenvalue weighted by molar-refractivity contribution is 7.10. The summed E-state index contributed by atoms with van der Waals surface area (Å²) in [4.78, 5) is 27.6. The van der Waals surface area contributed by atoms with E-state index in [9.17, 15) is 9.59 Å². The lowest BCUT2D eigenvalue weighted by Gasteiger charge is -2.34. The number of carbonyl (C=O) groups is 1. The zero-order valence-corrected chi connectivity index (χ0v) is 16.8. The second-order valence-electron chi connectivity index (χ2n) is 7.06. The summed E-state index contributed by atoms with van der Waals surface area (Å²) in [6.45, 7) is 2.92. The third-order valence-corrected chi connectivity index (χ3v) is 6.64. The van der Waals surface area contributed by atoms with E-state index in [0.29, 0.717) is 31.7 Å². The molecule has 0 bridgehead atoms. The molecule has 6 nitrogen and oxygen atoms in total. The van der Waals surface area contributed by atoms with Gasteiger partial charge in [0.2, 0.25) is 5.91 Å². The third kappa shape index (κ3) is 3.00. The van der Waals surface area contributed by atoms with Gasteiger partial charge in [-0.05, 0) is 43.3 Å². The van der Waals surface area contributed by atoms with Crippen LogP contribution < -0.4 is 10.9 Å². The fraction of sp³-hybridized carbons (Fsp3) is 0.333. The Morgan fingerprint density at radius 3 is 2.50 bits per heavy atom. The van der Waals surface area contributed by atoms with E-state index in [2.05, 4.69) is 5.32 Å². The minimum atomic E-state index is -0.654. The van der Waals surface area contributed by atoms with Gasteiger partial charge in [0.1, 0.15) is 5.69 Å². The molecular formula is C21H23N3O3S. The van der Waals surface area contributed by atoms with Gasteiger partial charge in [-0.3, -0.25) is 14.3 Å². The van der Waals surface area contributed by atoms with Crippen molar-refractivity contribution in [2.24, 2.45) is 7.05 Å². The fourth-order valence-corrected chi connectivity index (χ4v) is 4.78. The maximum absolute atomic E-state index is 13.4. The number of aromatic nitrogens is 2. The van der Waals surface area contributed by atoms with Crippen LogP contribution in [0.2, 0.25) is 0 Å². The number of nitrogens with zero attached hydrogens (tertiary/aromatic N) is 2. The van der Waals surface area contributed by atoms with Crippen molar-refractivity contribution in [2.75, 3.05) is 18.5 Å². The van der Waals surface area contributed by atoms with E-state index in [1.54, 1.807) is 20.7 Å². The normalized spacial score (nSPS) is 16.1. The summed E-state index contributed by atoms with van der Waals surface area (Å²) in [7, 11) is 1.82. The van der Waals surface area contributed by atoms with Crippen LogP contribution in [0.3, 0.4) is 0 Å². The van der Waals surface area contributed by atoms with Crippen LogP contribution in [0.1, 0.15) is 23.4 Å². The molecule has 7 heteroatoms. The number of carbonyl (C=O) groups excluding carboxylic acids is 1. The van der Waals surface area contributed by atoms with Crippen LogP contribution >= 0.6 is 11.3 Å². The molecule has 0 spiro atoms. The van der Waals surface area contributed by atoms with Gasteiger partial charge in [0, 0.05) is 25.1 Å². The van der Waals surface area contributed by atoms with Crippen molar-refractivity contribution in [1.82, 2.24) is 9.36 Å². The lowest BCUT2D eigenvalue weighted by molar-refractivity contribution is -0.125. The first-order valence-corrected chi connectivity index (χ1v) is 10.2. The van der Waals surface area contributed by atoms with Gasteiger partial charge in [0.25, 0.3) is 5.56 Å². The predicted octanol–water partition coefficient (Wildman–Crippen LogP) is 3.23. The first-order chi connectivity index (χ1) is 13.5. The van der Waals surface area contributed by atoms with Crippen LogP contribution in [0.4, 0.5) is 5.69 Å². The molecule has 1 aliphatic rings. The number of hydrogen-bond acceptors (Lipinski definition) is 4. The maximum atomic E-state index is 13.4. The average Bonchev–Trinajstić information content (AvgIpc) is 3.34. The van der Waals surface area contributed by atoms with E-state index in [1.807, 2.05) is 61.8 Å². The molecule has 0 unspecified atom stereocenters. The number of amides is 1. The molecule has 1 aromatic carbocycles. The monoisotopic (exact) mass is 397 g/mol. The van der Waals surface area contributed by atoms with Gasteiger partial charge in [-0.15, -0.1) is 11.3 Å². The van der Waals surface area contributed by atoms with Crippen LogP contribution in [-0.2, 0) is 22.0 Å². The number of benzene rings is 1. The Morgan fingerprint density at radius 1 is 1.14 bits per heavy atom. The molecule has 0 radical (unpaired) electrons. The first-order valence-electron chi connectivity index (χ1n) is 9.32. The Balaban J connectivity index is 1.73. The van der Waals surface area contributed by atoms with E-state index in [0.717, 1.165) is 16.3 Å². The lowest BCUT2D eigenvalue weighted by atomic mass is 9.78. The number of rotatable bonds is 4. The molecule has 0 atom stereocenters. The van der Waals surface area contributed by atoms with Crippen LogP contribution in [0, 0.1) is 6.92 Å². The number of ether oxygens (including phenoxy) is 1. The summed E-state index contributed by atoms with van der Waals surface area (Å²) in [5, 5.41) is 4.95. The first kappa shape index (κ1) is 18.7. The molecule has 2 aromatic heterocycles. The van der Waals surface area contributed by atoms with E-state index in [1.165, 1.54) is 0 Å². The Hall–Kier alpha value is -2.64. The molecule has 3 heterocycles. The molecule has 3 aromatic rings. The molecule has 1 amide bonds. The van der Waals surface area contributed by atoms with Gasteiger partial charge in [0.15, 0.2) is 0 Å². The van der Waals surface area contributed by atoms with Gasteiger partial charge < -0.3 is 10.1 Å². The molecule has 0 saturated carbocycles. The summed E-state index contributed by atoms with van der Waals surface area (Å²) in [6.07, 6.45) is 1.22. The topological polar surface area (TPSA) is 65.3 Å². The van der Waals surface area contributed by atoms with E-state index in [-0.39, 0.29) is 11.5 Å². The number of thiophene rings is 1. The maximum Gasteiger partial charge on any atom is 0.295 e. The standard InChI is InChI=1S/C21H23N3O3S/c1-15-18(19(25)24(23(15)2)16-7-4-3-5-8-16)22-20(26)21(10-12-27-13-11-21)17-9-6-14-28-17/h3-9,14H,10-13H2,1-2H3,(H,22,26). The molecule has 1 N–H and O–H groups in total. The third-order valence-electron chi connectivity index (χ3n) is 5.57. The van der Waals surface area contributed by atoms with E-state index in [4.69, 9.17) is 4.74 Å². The number of anilines is 1. The second kappa shape index (κ2) is 7.41. The highest BCUT2D eigenvalue weighted by atomic mass is 32.1. The molecule has 1 saturated heterocycles. The predicted molar refractivity (Wildman–Crippen MR) is 110 cm³/mol. The van der Waals surface area contributed by atoms with Crippen LogP contribution in [0.25, 0.3) is 5.69 Å². The van der Waals surface area contributed by atoms with Crippen molar-refractivity contribution in [1.29, 1.82) is 0 Å². The summed E-state index contributed by atoms with van der Waals surface area (Å²) < 4.78 is 8.86. The fourth-order valence-electron chi connectivity index (χ4n) is 3.80. The number of hydrogen-bond donors (Lipinski definition) is 1. The van der Waals surface area contributed by atoms with Crippen molar-refractivity contribution in [3.05, 3.63) is 68.8 Å². The number of nitrogens with one attached hydrogen (secondary N) is 1. The Morgan fingerprint density at radius 2 is 1.86 bits per heavy atom. The molecule has 4 rings (SSSR count). The van der Waals surface area contributed by atoms with Gasteiger partial charge in [-0.25, -0.2) is 4.68 Å². The average molecular weight is 398 g/mol. The Kier molecular flexibility index (Phi) is 4.95. The Labute approximate surface area is 167 Å². The molecular weight excluding hydrogens is 374 g/mol. The minimum absolute atomic E-state index is 0.135. The van der Waals surface area contributed by atoms with Gasteiger partial charge >= 0.3 is 0 Å². The molecule has 28 heavy (non-hydrogen) atoms. The quantitative estimate of drug-likeness (QED) is 0.735. The van der Waals surface area contributed by atoms with Crippen molar-refractivity contribution >= 4 is 22.9 Å². The summed E-state index contributed by atoms with van der Waals surface area (Å²) in [5.74, 6) is -0.135. The molecule has 1 fully saturated rings. The van der Waals surface area contributed by atoms with Crippen molar-refractivity contribution in [3.63, 3.8) is 0 Å². The summed E-state index contributed by atoms with van der Waals surface area (Å²) >= 11 is 1.58.